The lowest BCUT2D eigenvalue weighted by molar-refractivity contribution is -0.114. The number of benzene rings is 1. The van der Waals surface area contributed by atoms with E-state index in [0.717, 1.165) is 24.3 Å². The molecule has 0 amide bonds. The van der Waals surface area contributed by atoms with Gasteiger partial charge in [0.25, 0.3) is 0 Å². The van der Waals surface area contributed by atoms with Crippen molar-refractivity contribution in [3.63, 3.8) is 0 Å². The van der Waals surface area contributed by atoms with Gasteiger partial charge in [-0.1, -0.05) is 18.9 Å². The molecule has 1 aromatic rings. The van der Waals surface area contributed by atoms with E-state index in [1.54, 1.807) is 6.07 Å². The van der Waals surface area contributed by atoms with Gasteiger partial charge in [-0.2, -0.15) is 0 Å². The molecule has 2 unspecified atom stereocenters. The van der Waals surface area contributed by atoms with E-state index in [1.807, 2.05) is 13.0 Å². The highest BCUT2D eigenvalue weighted by Crippen LogP contribution is 2.55. The van der Waals surface area contributed by atoms with Crippen molar-refractivity contribution in [3.05, 3.63) is 29.6 Å². The van der Waals surface area contributed by atoms with Gasteiger partial charge in [-0.3, -0.25) is 0 Å². The maximum Gasteiger partial charge on any atom is 0.128 e. The highest BCUT2D eigenvalue weighted by atomic mass is 19.1. The second-order valence-corrected chi connectivity index (χ2v) is 6.23. The fourth-order valence-electron chi connectivity index (χ4n) is 4.04. The molecule has 2 atom stereocenters. The van der Waals surface area contributed by atoms with Crippen LogP contribution in [-0.4, -0.2) is 18.8 Å². The van der Waals surface area contributed by atoms with E-state index < -0.39 is 0 Å². The summed E-state index contributed by atoms with van der Waals surface area (Å²) in [6.07, 6.45) is 6.51. The summed E-state index contributed by atoms with van der Waals surface area (Å²) in [6, 6.07) is 5.72. The Morgan fingerprint density at radius 3 is 2.80 bits per heavy atom. The zero-order chi connectivity index (χ0) is 14.2. The van der Waals surface area contributed by atoms with Crippen molar-refractivity contribution in [3.8, 4) is 0 Å². The molecule has 2 fully saturated rings. The van der Waals surface area contributed by atoms with Crippen LogP contribution in [0.4, 0.5) is 10.1 Å². The first-order valence-corrected chi connectivity index (χ1v) is 7.80. The Morgan fingerprint density at radius 1 is 1.35 bits per heavy atom. The predicted molar refractivity (Wildman–Crippen MR) is 79.5 cm³/mol. The van der Waals surface area contributed by atoms with Gasteiger partial charge >= 0.3 is 0 Å². The van der Waals surface area contributed by atoms with Crippen molar-refractivity contribution < 1.29 is 9.13 Å². The Hall–Kier alpha value is -1.09. The van der Waals surface area contributed by atoms with Gasteiger partial charge in [-0.25, -0.2) is 4.39 Å². The van der Waals surface area contributed by atoms with E-state index >= 15 is 0 Å². The molecule has 0 aliphatic heterocycles. The Labute approximate surface area is 120 Å². The van der Waals surface area contributed by atoms with Crippen LogP contribution in [0.5, 0.6) is 0 Å². The molecule has 0 aromatic heterocycles. The van der Waals surface area contributed by atoms with Gasteiger partial charge in [0.1, 0.15) is 5.82 Å². The Balaban J connectivity index is 1.76. The molecule has 3 rings (SSSR count). The predicted octanol–water partition coefficient (Wildman–Crippen LogP) is 4.28. The SMILES string of the molecule is CCOC1CC(Nc2cccc(F)c2C)C12CCCC2. The Kier molecular flexibility index (Phi) is 3.72. The molecule has 1 aromatic carbocycles. The first-order valence-electron chi connectivity index (χ1n) is 7.80. The lowest BCUT2D eigenvalue weighted by Gasteiger charge is -2.54. The summed E-state index contributed by atoms with van der Waals surface area (Å²) in [5.74, 6) is -0.129. The summed E-state index contributed by atoms with van der Waals surface area (Å²) in [4.78, 5) is 0. The van der Waals surface area contributed by atoms with Crippen LogP contribution in [0.15, 0.2) is 18.2 Å². The normalized spacial score (nSPS) is 27.6. The minimum atomic E-state index is -0.129. The molecule has 3 heteroatoms. The molecule has 0 saturated heterocycles. The second-order valence-electron chi connectivity index (χ2n) is 6.23. The lowest BCUT2D eigenvalue weighted by atomic mass is 9.60. The van der Waals surface area contributed by atoms with Gasteiger partial charge in [-0.05, 0) is 45.2 Å². The van der Waals surface area contributed by atoms with E-state index in [9.17, 15) is 4.39 Å². The standard InChI is InChI=1S/C17H24FNO/c1-3-20-16-11-15(17(16)9-4-5-10-17)19-14-8-6-7-13(18)12(14)2/h6-8,15-16,19H,3-5,9-11H2,1-2H3. The number of rotatable bonds is 4. The van der Waals surface area contributed by atoms with Crippen molar-refractivity contribution >= 4 is 5.69 Å². The van der Waals surface area contributed by atoms with Gasteiger partial charge in [-0.15, -0.1) is 0 Å². The molecular formula is C17H24FNO. The third kappa shape index (κ3) is 2.12. The fourth-order valence-corrected chi connectivity index (χ4v) is 4.04. The average Bonchev–Trinajstić information content (AvgIpc) is 2.95. The zero-order valence-corrected chi connectivity index (χ0v) is 12.4. The van der Waals surface area contributed by atoms with Crippen LogP contribution in [-0.2, 0) is 4.74 Å². The number of hydrogen-bond acceptors (Lipinski definition) is 2. The van der Waals surface area contributed by atoms with E-state index in [0.29, 0.717) is 12.1 Å². The summed E-state index contributed by atoms with van der Waals surface area (Å²) >= 11 is 0. The summed E-state index contributed by atoms with van der Waals surface area (Å²) < 4.78 is 19.6. The van der Waals surface area contributed by atoms with Crippen molar-refractivity contribution in [2.24, 2.45) is 5.41 Å². The van der Waals surface area contributed by atoms with E-state index in [2.05, 4.69) is 12.2 Å². The van der Waals surface area contributed by atoms with Crippen molar-refractivity contribution in [1.29, 1.82) is 0 Å². The molecule has 0 bridgehead atoms. The maximum atomic E-state index is 13.7. The fraction of sp³-hybridized carbons (Fsp3) is 0.647. The summed E-state index contributed by atoms with van der Waals surface area (Å²) in [5.41, 5.74) is 1.95. The second kappa shape index (κ2) is 5.36. The number of anilines is 1. The Bertz CT molecular complexity index is 482. The smallest absolute Gasteiger partial charge is 0.128 e. The van der Waals surface area contributed by atoms with E-state index in [-0.39, 0.29) is 11.2 Å². The van der Waals surface area contributed by atoms with Crippen LogP contribution >= 0.6 is 0 Å². The quantitative estimate of drug-likeness (QED) is 0.886. The topological polar surface area (TPSA) is 21.3 Å². The molecular weight excluding hydrogens is 253 g/mol. The van der Waals surface area contributed by atoms with Gasteiger partial charge < -0.3 is 10.1 Å². The number of halogens is 1. The largest absolute Gasteiger partial charge is 0.381 e. The summed E-state index contributed by atoms with van der Waals surface area (Å²) in [6.45, 7) is 4.70. The minimum absolute atomic E-state index is 0.129. The van der Waals surface area contributed by atoms with Crippen molar-refractivity contribution in [2.45, 2.75) is 58.1 Å². The minimum Gasteiger partial charge on any atom is -0.381 e. The third-order valence-electron chi connectivity index (χ3n) is 5.28. The van der Waals surface area contributed by atoms with E-state index in [1.165, 1.54) is 31.7 Å². The zero-order valence-electron chi connectivity index (χ0n) is 12.4. The molecule has 20 heavy (non-hydrogen) atoms. The lowest BCUT2D eigenvalue weighted by Crippen LogP contribution is -2.60. The first-order chi connectivity index (χ1) is 9.67. The first kappa shape index (κ1) is 13.9. The molecule has 0 radical (unpaired) electrons. The third-order valence-corrected chi connectivity index (χ3v) is 5.28. The average molecular weight is 277 g/mol. The highest BCUT2D eigenvalue weighted by molar-refractivity contribution is 5.52. The molecule has 0 heterocycles. The van der Waals surface area contributed by atoms with Crippen molar-refractivity contribution in [2.75, 3.05) is 11.9 Å². The molecule has 1 spiro atoms. The number of hydrogen-bond donors (Lipinski definition) is 1. The van der Waals surface area contributed by atoms with Crippen LogP contribution in [0.3, 0.4) is 0 Å². The van der Waals surface area contributed by atoms with Crippen LogP contribution < -0.4 is 5.32 Å². The summed E-state index contributed by atoms with van der Waals surface area (Å²) in [5, 5.41) is 3.59. The van der Waals surface area contributed by atoms with Gasteiger partial charge in [0, 0.05) is 29.3 Å². The number of nitrogens with one attached hydrogen (secondary N) is 1. The van der Waals surface area contributed by atoms with Crippen LogP contribution in [0.1, 0.15) is 44.6 Å². The molecule has 1 N–H and O–H groups in total. The maximum absolute atomic E-state index is 13.7. The Morgan fingerprint density at radius 2 is 2.10 bits per heavy atom. The summed E-state index contributed by atoms with van der Waals surface area (Å²) in [7, 11) is 0. The van der Waals surface area contributed by atoms with Crippen molar-refractivity contribution in [1.82, 2.24) is 0 Å². The highest BCUT2D eigenvalue weighted by Gasteiger charge is 2.56. The van der Waals surface area contributed by atoms with Crippen LogP contribution in [0, 0.1) is 18.2 Å². The monoisotopic (exact) mass is 277 g/mol. The molecule has 2 aliphatic carbocycles. The molecule has 2 saturated carbocycles. The molecule has 110 valence electrons. The van der Waals surface area contributed by atoms with Crippen LogP contribution in [0.2, 0.25) is 0 Å². The van der Waals surface area contributed by atoms with Crippen LogP contribution in [0.25, 0.3) is 0 Å². The van der Waals surface area contributed by atoms with E-state index in [4.69, 9.17) is 4.74 Å². The molecule has 2 aliphatic rings. The van der Waals surface area contributed by atoms with Gasteiger partial charge in [0.05, 0.1) is 6.10 Å². The molecule has 2 nitrogen and oxygen atoms in total. The van der Waals surface area contributed by atoms with Gasteiger partial charge in [0.2, 0.25) is 0 Å². The number of ether oxygens (including phenoxy) is 1. The van der Waals surface area contributed by atoms with Gasteiger partial charge in [0.15, 0.2) is 0 Å².